The van der Waals surface area contributed by atoms with Crippen LogP contribution in [0.1, 0.15) is 19.0 Å². The van der Waals surface area contributed by atoms with Crippen LogP contribution in [0.25, 0.3) is 5.76 Å². The van der Waals surface area contributed by atoms with Gasteiger partial charge in [-0.2, -0.15) is 0 Å². The van der Waals surface area contributed by atoms with Gasteiger partial charge < -0.3 is 5.11 Å². The van der Waals surface area contributed by atoms with E-state index >= 15 is 0 Å². The van der Waals surface area contributed by atoms with Crippen molar-refractivity contribution < 1.29 is 5.11 Å². The maximum Gasteiger partial charge on any atom is 0.147 e. The highest BCUT2D eigenvalue weighted by Gasteiger charge is 2.01. The second kappa shape index (κ2) is 3.18. The Balaban J connectivity index is 2.84. The Kier molecular flexibility index (Phi) is 2.25. The van der Waals surface area contributed by atoms with Gasteiger partial charge in [0.2, 0.25) is 0 Å². The van der Waals surface area contributed by atoms with Crippen molar-refractivity contribution in [2.75, 3.05) is 0 Å². The fourth-order valence-electron chi connectivity index (χ4n) is 0.763. The van der Waals surface area contributed by atoms with Gasteiger partial charge in [0.1, 0.15) is 11.5 Å². The molecule has 4 nitrogen and oxygen atoms in total. The van der Waals surface area contributed by atoms with E-state index in [1.807, 2.05) is 6.92 Å². The van der Waals surface area contributed by atoms with Crippen LogP contribution >= 0.6 is 0 Å². The zero-order chi connectivity index (χ0) is 8.27. The number of aromatic nitrogens is 3. The van der Waals surface area contributed by atoms with Crippen molar-refractivity contribution in [2.24, 2.45) is 7.05 Å². The molecule has 1 rings (SSSR count). The molecule has 1 aromatic heterocycles. The van der Waals surface area contributed by atoms with Gasteiger partial charge in [0, 0.05) is 7.05 Å². The molecule has 1 N–H and O–H groups in total. The van der Waals surface area contributed by atoms with Gasteiger partial charge in [-0.3, -0.25) is 4.68 Å². The number of rotatable bonds is 2. The maximum atomic E-state index is 9.28. The third-order valence-electron chi connectivity index (χ3n) is 1.26. The maximum absolute atomic E-state index is 9.28. The summed E-state index contributed by atoms with van der Waals surface area (Å²) < 4.78 is 1.55. The molecule has 0 saturated carbocycles. The van der Waals surface area contributed by atoms with Crippen LogP contribution in [0.15, 0.2) is 12.3 Å². The van der Waals surface area contributed by atoms with Crippen LogP contribution in [0.2, 0.25) is 0 Å². The van der Waals surface area contributed by atoms with Crippen LogP contribution in [0.3, 0.4) is 0 Å². The Labute approximate surface area is 65.2 Å². The molecule has 0 aliphatic rings. The van der Waals surface area contributed by atoms with Gasteiger partial charge in [0.15, 0.2) is 0 Å². The van der Waals surface area contributed by atoms with Crippen molar-refractivity contribution in [3.8, 4) is 0 Å². The minimum Gasteiger partial charge on any atom is -0.506 e. The first-order valence-corrected chi connectivity index (χ1v) is 3.50. The lowest BCUT2D eigenvalue weighted by Crippen LogP contribution is -1.85. The van der Waals surface area contributed by atoms with Crippen LogP contribution in [-0.2, 0) is 7.05 Å². The SMILES string of the molecule is CC/C=C(\O)c1cn(C)nn1. The van der Waals surface area contributed by atoms with Gasteiger partial charge >= 0.3 is 0 Å². The smallest absolute Gasteiger partial charge is 0.147 e. The van der Waals surface area contributed by atoms with E-state index in [9.17, 15) is 5.11 Å². The Morgan fingerprint density at radius 3 is 3.00 bits per heavy atom. The average molecular weight is 153 g/mol. The highest BCUT2D eigenvalue weighted by molar-refractivity contribution is 5.52. The van der Waals surface area contributed by atoms with Crippen molar-refractivity contribution in [2.45, 2.75) is 13.3 Å². The molecule has 1 aromatic rings. The van der Waals surface area contributed by atoms with Crippen LogP contribution in [0.5, 0.6) is 0 Å². The summed E-state index contributed by atoms with van der Waals surface area (Å²) in [5.74, 6) is 0.195. The van der Waals surface area contributed by atoms with E-state index in [4.69, 9.17) is 0 Å². The molecule has 11 heavy (non-hydrogen) atoms. The molecule has 0 aromatic carbocycles. The van der Waals surface area contributed by atoms with Crippen LogP contribution in [-0.4, -0.2) is 20.1 Å². The van der Waals surface area contributed by atoms with E-state index in [1.165, 1.54) is 0 Å². The summed E-state index contributed by atoms with van der Waals surface area (Å²) in [7, 11) is 1.76. The molecule has 0 fully saturated rings. The first kappa shape index (κ1) is 7.78. The molecule has 0 bridgehead atoms. The van der Waals surface area contributed by atoms with E-state index in [0.29, 0.717) is 5.69 Å². The Morgan fingerprint density at radius 2 is 2.55 bits per heavy atom. The zero-order valence-electron chi connectivity index (χ0n) is 6.65. The van der Waals surface area contributed by atoms with E-state index < -0.39 is 0 Å². The Bertz CT molecular complexity index is 264. The zero-order valence-corrected chi connectivity index (χ0v) is 6.65. The van der Waals surface area contributed by atoms with Crippen molar-refractivity contribution in [3.63, 3.8) is 0 Å². The lowest BCUT2D eigenvalue weighted by atomic mass is 10.3. The predicted molar refractivity (Wildman–Crippen MR) is 41.9 cm³/mol. The van der Waals surface area contributed by atoms with Crippen molar-refractivity contribution >= 4 is 5.76 Å². The second-order valence-corrected chi connectivity index (χ2v) is 2.28. The molecule has 4 heteroatoms. The van der Waals surface area contributed by atoms with Gasteiger partial charge in [-0.1, -0.05) is 12.1 Å². The molecular weight excluding hydrogens is 142 g/mol. The monoisotopic (exact) mass is 153 g/mol. The largest absolute Gasteiger partial charge is 0.506 e. The topological polar surface area (TPSA) is 50.9 Å². The van der Waals surface area contributed by atoms with E-state index in [-0.39, 0.29) is 5.76 Å². The van der Waals surface area contributed by atoms with E-state index in [2.05, 4.69) is 10.3 Å². The van der Waals surface area contributed by atoms with Gasteiger partial charge in [-0.15, -0.1) is 5.10 Å². The number of aryl methyl sites for hydroxylation is 1. The summed E-state index contributed by atoms with van der Waals surface area (Å²) in [5.41, 5.74) is 0.523. The first-order valence-electron chi connectivity index (χ1n) is 3.50. The molecule has 0 saturated heterocycles. The van der Waals surface area contributed by atoms with E-state index in [1.54, 1.807) is 24.0 Å². The number of hydrogen-bond acceptors (Lipinski definition) is 3. The third kappa shape index (κ3) is 1.80. The Hall–Kier alpha value is -1.32. The number of aliphatic hydroxyl groups is 1. The minimum atomic E-state index is 0.195. The molecule has 60 valence electrons. The molecule has 0 aliphatic carbocycles. The molecule has 0 amide bonds. The number of aliphatic hydroxyl groups excluding tert-OH is 1. The Morgan fingerprint density at radius 1 is 1.82 bits per heavy atom. The van der Waals surface area contributed by atoms with Crippen LogP contribution in [0.4, 0.5) is 0 Å². The van der Waals surface area contributed by atoms with Crippen molar-refractivity contribution in [3.05, 3.63) is 18.0 Å². The summed E-state index contributed by atoms with van der Waals surface area (Å²) in [6.45, 7) is 1.95. The van der Waals surface area contributed by atoms with Crippen molar-refractivity contribution in [1.29, 1.82) is 0 Å². The molecular formula is C7H11N3O. The molecule has 0 atom stereocenters. The van der Waals surface area contributed by atoms with Gasteiger partial charge in [-0.05, 0) is 12.5 Å². The number of allylic oxidation sites excluding steroid dienone is 1. The molecule has 1 heterocycles. The fraction of sp³-hybridized carbons (Fsp3) is 0.429. The summed E-state index contributed by atoms with van der Waals surface area (Å²) >= 11 is 0. The van der Waals surface area contributed by atoms with Gasteiger partial charge in [-0.25, -0.2) is 0 Å². The predicted octanol–water partition coefficient (Wildman–Crippen LogP) is 1.12. The normalized spacial score (nSPS) is 12.0. The summed E-state index contributed by atoms with van der Waals surface area (Å²) in [5, 5.41) is 16.7. The average Bonchev–Trinajstić information content (AvgIpc) is 2.36. The first-order chi connectivity index (χ1) is 5.24. The van der Waals surface area contributed by atoms with Crippen LogP contribution < -0.4 is 0 Å². The molecule has 0 unspecified atom stereocenters. The quantitative estimate of drug-likeness (QED) is 0.648. The minimum absolute atomic E-state index is 0.195. The van der Waals surface area contributed by atoms with Gasteiger partial charge in [0.25, 0.3) is 0 Å². The highest BCUT2D eigenvalue weighted by atomic mass is 16.3. The molecule has 0 radical (unpaired) electrons. The summed E-state index contributed by atoms with van der Waals surface area (Å²) in [6.07, 6.45) is 4.16. The van der Waals surface area contributed by atoms with Crippen LogP contribution in [0, 0.1) is 0 Å². The lowest BCUT2D eigenvalue weighted by molar-refractivity contribution is 0.506. The lowest BCUT2D eigenvalue weighted by Gasteiger charge is -1.89. The standard InChI is InChI=1S/C7H11N3O/c1-3-4-7(11)6-5-10(2)9-8-6/h4-5,11H,3H2,1-2H3/b7-4-. The molecule has 0 spiro atoms. The molecule has 0 aliphatic heterocycles. The highest BCUT2D eigenvalue weighted by Crippen LogP contribution is 2.06. The number of hydrogen-bond donors (Lipinski definition) is 1. The summed E-state index contributed by atoms with van der Waals surface area (Å²) in [4.78, 5) is 0. The van der Waals surface area contributed by atoms with E-state index in [0.717, 1.165) is 6.42 Å². The van der Waals surface area contributed by atoms with Gasteiger partial charge in [0.05, 0.1) is 6.20 Å². The number of nitrogens with zero attached hydrogens (tertiary/aromatic N) is 3. The fourth-order valence-corrected chi connectivity index (χ4v) is 0.763. The van der Waals surface area contributed by atoms with Crippen molar-refractivity contribution in [1.82, 2.24) is 15.0 Å². The second-order valence-electron chi connectivity index (χ2n) is 2.28. The third-order valence-corrected chi connectivity index (χ3v) is 1.26. The summed E-state index contributed by atoms with van der Waals surface area (Å²) in [6, 6.07) is 0.